The van der Waals surface area contributed by atoms with E-state index < -0.39 is 0 Å². The summed E-state index contributed by atoms with van der Waals surface area (Å²) in [6.45, 7) is 6.63. The molecule has 2 aromatic heterocycles. The SMILES string of the molecule is Cc1ncc(CN(Cc2ccsc2)C2CC23CCNCC3)s1.Cl.Cl. The van der Waals surface area contributed by atoms with Crippen molar-refractivity contribution >= 4 is 47.5 Å². The number of nitrogens with one attached hydrogen (secondary N) is 1. The van der Waals surface area contributed by atoms with Crippen molar-refractivity contribution in [3.63, 3.8) is 0 Å². The number of aromatic nitrogens is 1. The second-order valence-corrected chi connectivity index (χ2v) is 8.81. The Morgan fingerprint density at radius 1 is 1.29 bits per heavy atom. The van der Waals surface area contributed by atoms with Crippen molar-refractivity contribution in [3.05, 3.63) is 38.5 Å². The number of halogens is 2. The van der Waals surface area contributed by atoms with E-state index in [0.29, 0.717) is 5.41 Å². The molecular weight excluding hydrogens is 381 g/mol. The van der Waals surface area contributed by atoms with Crippen molar-refractivity contribution in [2.75, 3.05) is 13.1 Å². The van der Waals surface area contributed by atoms with E-state index in [2.05, 4.69) is 45.1 Å². The Labute approximate surface area is 164 Å². The van der Waals surface area contributed by atoms with Gasteiger partial charge in [0.15, 0.2) is 0 Å². The maximum Gasteiger partial charge on any atom is 0.0897 e. The summed E-state index contributed by atoms with van der Waals surface area (Å²) in [4.78, 5) is 8.55. The number of thiazole rings is 1. The van der Waals surface area contributed by atoms with Crippen molar-refractivity contribution in [2.45, 2.75) is 45.3 Å². The standard InChI is InChI=1S/C17H23N3S2.2ClH/c1-13-19-9-15(22-13)11-20(10-14-2-7-21-12-14)16-8-17(16)3-5-18-6-4-17;;/h2,7,9,12,16,18H,3-6,8,10-11H2,1H3;2*1H. The topological polar surface area (TPSA) is 28.2 Å². The highest BCUT2D eigenvalue weighted by atomic mass is 35.5. The summed E-state index contributed by atoms with van der Waals surface area (Å²) in [6.07, 6.45) is 6.15. The third-order valence-corrected chi connectivity index (χ3v) is 6.81. The molecule has 1 spiro atoms. The first-order valence-corrected chi connectivity index (χ1v) is 9.88. The third-order valence-electron chi connectivity index (χ3n) is 5.18. The number of thiophene rings is 1. The Kier molecular flexibility index (Phi) is 7.11. The zero-order valence-corrected chi connectivity index (χ0v) is 17.1. The van der Waals surface area contributed by atoms with Gasteiger partial charge in [-0.3, -0.25) is 4.90 Å². The van der Waals surface area contributed by atoms with Gasteiger partial charge in [-0.2, -0.15) is 11.3 Å². The first-order valence-electron chi connectivity index (χ1n) is 8.12. The van der Waals surface area contributed by atoms with Crippen molar-refractivity contribution in [1.29, 1.82) is 0 Å². The van der Waals surface area contributed by atoms with Gasteiger partial charge in [0.25, 0.3) is 0 Å². The van der Waals surface area contributed by atoms with Gasteiger partial charge in [-0.05, 0) is 67.1 Å². The van der Waals surface area contributed by atoms with Crippen LogP contribution in [0.4, 0.5) is 0 Å². The predicted molar refractivity (Wildman–Crippen MR) is 108 cm³/mol. The summed E-state index contributed by atoms with van der Waals surface area (Å²) in [5.74, 6) is 0. The zero-order chi connectivity index (χ0) is 15.0. The molecule has 1 saturated heterocycles. The average molecular weight is 406 g/mol. The number of nitrogens with zero attached hydrogens (tertiary/aromatic N) is 2. The Morgan fingerprint density at radius 2 is 2.08 bits per heavy atom. The molecule has 2 aromatic rings. The third kappa shape index (κ3) is 4.32. The molecule has 1 atom stereocenters. The van der Waals surface area contributed by atoms with E-state index in [4.69, 9.17) is 0 Å². The molecule has 24 heavy (non-hydrogen) atoms. The van der Waals surface area contributed by atoms with E-state index >= 15 is 0 Å². The lowest BCUT2D eigenvalue weighted by Gasteiger charge is -2.29. The summed E-state index contributed by atoms with van der Waals surface area (Å²) < 4.78 is 0. The number of rotatable bonds is 5. The Morgan fingerprint density at radius 3 is 2.71 bits per heavy atom. The van der Waals surface area contributed by atoms with Crippen LogP contribution in [-0.4, -0.2) is 29.0 Å². The van der Waals surface area contributed by atoms with E-state index in [-0.39, 0.29) is 24.8 Å². The molecule has 3 heterocycles. The van der Waals surface area contributed by atoms with Crippen LogP contribution >= 0.6 is 47.5 Å². The largest absolute Gasteiger partial charge is 0.317 e. The average Bonchev–Trinajstić information content (AvgIpc) is 2.90. The molecule has 134 valence electrons. The van der Waals surface area contributed by atoms with Crippen LogP contribution in [0.15, 0.2) is 23.0 Å². The van der Waals surface area contributed by atoms with E-state index in [1.165, 1.54) is 47.8 Å². The Bertz CT molecular complexity index is 624. The molecule has 0 bridgehead atoms. The molecule has 2 fully saturated rings. The fourth-order valence-electron chi connectivity index (χ4n) is 3.88. The van der Waals surface area contributed by atoms with Gasteiger partial charge in [0, 0.05) is 30.2 Å². The highest BCUT2D eigenvalue weighted by Crippen LogP contribution is 2.56. The van der Waals surface area contributed by atoms with Gasteiger partial charge in [0.1, 0.15) is 0 Å². The molecule has 4 rings (SSSR count). The molecule has 2 aliphatic rings. The Hall–Kier alpha value is -0.170. The molecule has 1 unspecified atom stereocenters. The molecule has 0 radical (unpaired) electrons. The number of piperidine rings is 1. The van der Waals surface area contributed by atoms with Crippen LogP contribution < -0.4 is 5.32 Å². The normalized spacial score (nSPS) is 21.3. The van der Waals surface area contributed by atoms with Crippen LogP contribution in [0.5, 0.6) is 0 Å². The summed E-state index contributed by atoms with van der Waals surface area (Å²) in [6, 6.07) is 3.03. The van der Waals surface area contributed by atoms with E-state index in [0.717, 1.165) is 19.1 Å². The maximum atomic E-state index is 4.43. The summed E-state index contributed by atoms with van der Waals surface area (Å²) in [5, 5.41) is 9.18. The minimum atomic E-state index is 0. The summed E-state index contributed by atoms with van der Waals surface area (Å²) in [7, 11) is 0. The van der Waals surface area contributed by atoms with E-state index in [1.54, 1.807) is 11.3 Å². The fourth-order valence-corrected chi connectivity index (χ4v) is 5.36. The van der Waals surface area contributed by atoms with Gasteiger partial charge in [-0.25, -0.2) is 4.98 Å². The molecule has 1 N–H and O–H groups in total. The monoisotopic (exact) mass is 405 g/mol. The minimum absolute atomic E-state index is 0. The first-order chi connectivity index (χ1) is 10.8. The van der Waals surface area contributed by atoms with Gasteiger partial charge in [0.2, 0.25) is 0 Å². The van der Waals surface area contributed by atoms with E-state index in [1.807, 2.05) is 11.3 Å². The van der Waals surface area contributed by atoms with Gasteiger partial charge < -0.3 is 5.32 Å². The summed E-state index contributed by atoms with van der Waals surface area (Å²) >= 11 is 3.65. The van der Waals surface area contributed by atoms with Gasteiger partial charge >= 0.3 is 0 Å². The molecule has 1 aliphatic carbocycles. The highest BCUT2D eigenvalue weighted by Gasteiger charge is 2.56. The predicted octanol–water partition coefficient (Wildman–Crippen LogP) is 4.50. The fraction of sp³-hybridized carbons (Fsp3) is 0.588. The molecule has 0 aromatic carbocycles. The number of hydrogen-bond donors (Lipinski definition) is 1. The maximum absolute atomic E-state index is 4.43. The molecule has 1 saturated carbocycles. The minimum Gasteiger partial charge on any atom is -0.317 e. The summed E-state index contributed by atoms with van der Waals surface area (Å²) in [5.41, 5.74) is 2.06. The van der Waals surface area contributed by atoms with Crippen LogP contribution in [0.1, 0.15) is 34.7 Å². The van der Waals surface area contributed by atoms with Crippen LogP contribution in [0, 0.1) is 12.3 Å². The van der Waals surface area contributed by atoms with Crippen LogP contribution in [0.25, 0.3) is 0 Å². The van der Waals surface area contributed by atoms with E-state index in [9.17, 15) is 0 Å². The quantitative estimate of drug-likeness (QED) is 0.793. The van der Waals surface area contributed by atoms with Crippen molar-refractivity contribution in [3.8, 4) is 0 Å². The second-order valence-electron chi connectivity index (χ2n) is 6.71. The molecule has 1 aliphatic heterocycles. The lowest BCUT2D eigenvalue weighted by molar-refractivity contribution is 0.189. The van der Waals surface area contributed by atoms with Crippen molar-refractivity contribution < 1.29 is 0 Å². The number of aryl methyl sites for hydroxylation is 1. The lowest BCUT2D eigenvalue weighted by Crippen LogP contribution is -2.35. The van der Waals surface area contributed by atoms with Gasteiger partial charge in [-0.15, -0.1) is 36.2 Å². The van der Waals surface area contributed by atoms with Crippen LogP contribution in [0.3, 0.4) is 0 Å². The molecular formula is C17H25Cl2N3S2. The van der Waals surface area contributed by atoms with Crippen LogP contribution in [-0.2, 0) is 13.1 Å². The Balaban J connectivity index is 0.00000104. The lowest BCUT2D eigenvalue weighted by atomic mass is 9.93. The van der Waals surface area contributed by atoms with Crippen LogP contribution in [0.2, 0.25) is 0 Å². The van der Waals surface area contributed by atoms with Crippen molar-refractivity contribution in [2.24, 2.45) is 5.41 Å². The zero-order valence-electron chi connectivity index (χ0n) is 13.9. The number of hydrogen-bond acceptors (Lipinski definition) is 5. The van der Waals surface area contributed by atoms with Crippen molar-refractivity contribution in [1.82, 2.24) is 15.2 Å². The van der Waals surface area contributed by atoms with Gasteiger partial charge in [0.05, 0.1) is 5.01 Å². The molecule has 7 heteroatoms. The first kappa shape index (κ1) is 20.1. The molecule has 3 nitrogen and oxygen atoms in total. The highest BCUT2D eigenvalue weighted by molar-refractivity contribution is 7.11. The van der Waals surface area contributed by atoms with Gasteiger partial charge in [-0.1, -0.05) is 0 Å². The molecule has 0 amide bonds. The smallest absolute Gasteiger partial charge is 0.0897 e. The second kappa shape index (κ2) is 8.47.